The third kappa shape index (κ3) is 4.23. The standard InChI is InChI=1S/C13H17ClO2/c1-10(2)11-4-3-5-13(8-11)16-7-6-12(15)9-14/h3-5,8,10H,6-7,9H2,1-2H3. The monoisotopic (exact) mass is 240 g/mol. The number of carbonyl (C=O) groups is 1. The number of halogens is 1. The molecule has 0 spiro atoms. The fraction of sp³-hybridized carbons (Fsp3) is 0.462. The first-order valence-electron chi connectivity index (χ1n) is 5.44. The largest absolute Gasteiger partial charge is 0.493 e. The topological polar surface area (TPSA) is 26.3 Å². The Morgan fingerprint density at radius 2 is 2.19 bits per heavy atom. The Labute approximate surface area is 102 Å². The second kappa shape index (κ2) is 6.54. The Hall–Kier alpha value is -1.02. The van der Waals surface area contributed by atoms with Crippen LogP contribution < -0.4 is 4.74 Å². The summed E-state index contributed by atoms with van der Waals surface area (Å²) in [7, 11) is 0. The van der Waals surface area contributed by atoms with Crippen molar-refractivity contribution in [1.29, 1.82) is 0 Å². The van der Waals surface area contributed by atoms with Crippen molar-refractivity contribution >= 4 is 17.4 Å². The van der Waals surface area contributed by atoms with Crippen LogP contribution in [-0.2, 0) is 4.79 Å². The van der Waals surface area contributed by atoms with Crippen molar-refractivity contribution in [3.63, 3.8) is 0 Å². The van der Waals surface area contributed by atoms with Crippen molar-refractivity contribution in [1.82, 2.24) is 0 Å². The van der Waals surface area contributed by atoms with Gasteiger partial charge in [0.15, 0.2) is 5.78 Å². The van der Waals surface area contributed by atoms with Gasteiger partial charge in [-0.3, -0.25) is 4.79 Å². The van der Waals surface area contributed by atoms with Gasteiger partial charge in [0.05, 0.1) is 12.5 Å². The molecule has 0 saturated carbocycles. The number of hydrogen-bond donors (Lipinski definition) is 0. The minimum absolute atomic E-state index is 0.0154. The molecule has 1 rings (SSSR count). The molecule has 0 radical (unpaired) electrons. The Kier molecular flexibility index (Phi) is 5.33. The van der Waals surface area contributed by atoms with Crippen LogP contribution in [-0.4, -0.2) is 18.3 Å². The van der Waals surface area contributed by atoms with Gasteiger partial charge >= 0.3 is 0 Å². The minimum Gasteiger partial charge on any atom is -0.493 e. The van der Waals surface area contributed by atoms with E-state index in [1.165, 1.54) is 5.56 Å². The van der Waals surface area contributed by atoms with Gasteiger partial charge in [0.2, 0.25) is 0 Å². The zero-order valence-electron chi connectivity index (χ0n) is 9.70. The van der Waals surface area contributed by atoms with E-state index in [0.717, 1.165) is 5.75 Å². The Morgan fingerprint density at radius 1 is 1.44 bits per heavy atom. The van der Waals surface area contributed by atoms with Gasteiger partial charge in [-0.2, -0.15) is 0 Å². The van der Waals surface area contributed by atoms with Crippen LogP contribution in [0.2, 0.25) is 0 Å². The summed E-state index contributed by atoms with van der Waals surface area (Å²) >= 11 is 5.40. The Balaban J connectivity index is 2.48. The maximum atomic E-state index is 11.0. The summed E-state index contributed by atoms with van der Waals surface area (Å²) in [6.07, 6.45) is 0.370. The van der Waals surface area contributed by atoms with Crippen LogP contribution in [0.25, 0.3) is 0 Å². The molecule has 0 fully saturated rings. The van der Waals surface area contributed by atoms with Gasteiger partial charge in [-0.1, -0.05) is 26.0 Å². The third-order valence-electron chi connectivity index (χ3n) is 2.32. The molecule has 0 aliphatic carbocycles. The van der Waals surface area contributed by atoms with Gasteiger partial charge in [-0.25, -0.2) is 0 Å². The molecule has 88 valence electrons. The normalized spacial score (nSPS) is 10.5. The maximum absolute atomic E-state index is 11.0. The van der Waals surface area contributed by atoms with Crippen LogP contribution >= 0.6 is 11.6 Å². The zero-order valence-corrected chi connectivity index (χ0v) is 10.5. The molecule has 0 aliphatic rings. The molecule has 2 nitrogen and oxygen atoms in total. The van der Waals surface area contributed by atoms with Crippen LogP contribution in [0.15, 0.2) is 24.3 Å². The van der Waals surface area contributed by atoms with Gasteiger partial charge in [0, 0.05) is 6.42 Å². The zero-order chi connectivity index (χ0) is 12.0. The smallest absolute Gasteiger partial charge is 0.150 e. The number of ether oxygens (including phenoxy) is 1. The van der Waals surface area contributed by atoms with Gasteiger partial charge < -0.3 is 4.74 Å². The summed E-state index contributed by atoms with van der Waals surface area (Å²) in [4.78, 5) is 11.0. The van der Waals surface area contributed by atoms with Gasteiger partial charge in [0.1, 0.15) is 5.75 Å². The van der Waals surface area contributed by atoms with Gasteiger partial charge in [0.25, 0.3) is 0 Å². The average molecular weight is 241 g/mol. The molecule has 0 N–H and O–H groups in total. The number of benzene rings is 1. The molecule has 1 aromatic carbocycles. The van der Waals surface area contributed by atoms with E-state index in [0.29, 0.717) is 18.9 Å². The van der Waals surface area contributed by atoms with E-state index in [9.17, 15) is 4.79 Å². The fourth-order valence-corrected chi connectivity index (χ4v) is 1.45. The summed E-state index contributed by atoms with van der Waals surface area (Å²) < 4.78 is 5.49. The molecule has 3 heteroatoms. The third-order valence-corrected chi connectivity index (χ3v) is 2.62. The summed E-state index contributed by atoms with van der Waals surface area (Å²) in [5, 5.41) is 0. The number of alkyl halides is 1. The highest BCUT2D eigenvalue weighted by molar-refractivity contribution is 6.27. The van der Waals surface area contributed by atoms with Gasteiger partial charge in [-0.15, -0.1) is 11.6 Å². The van der Waals surface area contributed by atoms with Crippen LogP contribution in [0.5, 0.6) is 5.75 Å². The first-order valence-corrected chi connectivity index (χ1v) is 5.97. The van der Waals surface area contributed by atoms with Crippen molar-refractivity contribution in [3.8, 4) is 5.75 Å². The van der Waals surface area contributed by atoms with Crippen LogP contribution in [0.4, 0.5) is 0 Å². The summed E-state index contributed by atoms with van der Waals surface area (Å²) in [6.45, 7) is 4.67. The Bertz CT molecular complexity index is 348. The number of ketones is 1. The molecule has 16 heavy (non-hydrogen) atoms. The van der Waals surface area contributed by atoms with E-state index in [4.69, 9.17) is 16.3 Å². The summed E-state index contributed by atoms with van der Waals surface area (Å²) in [5.41, 5.74) is 1.24. The number of hydrogen-bond acceptors (Lipinski definition) is 2. The molecule has 0 bridgehead atoms. The molecule has 0 unspecified atom stereocenters. The van der Waals surface area contributed by atoms with E-state index >= 15 is 0 Å². The molecule has 0 heterocycles. The van der Waals surface area contributed by atoms with Crippen molar-refractivity contribution < 1.29 is 9.53 Å². The number of rotatable bonds is 6. The van der Waals surface area contributed by atoms with Crippen molar-refractivity contribution in [3.05, 3.63) is 29.8 Å². The SMILES string of the molecule is CC(C)c1cccc(OCCC(=O)CCl)c1. The van der Waals surface area contributed by atoms with E-state index < -0.39 is 0 Å². The van der Waals surface area contributed by atoms with Crippen molar-refractivity contribution in [2.24, 2.45) is 0 Å². The van der Waals surface area contributed by atoms with E-state index in [-0.39, 0.29) is 11.7 Å². The highest BCUT2D eigenvalue weighted by Gasteiger charge is 2.02. The van der Waals surface area contributed by atoms with Crippen molar-refractivity contribution in [2.45, 2.75) is 26.2 Å². The first kappa shape index (κ1) is 13.0. The van der Waals surface area contributed by atoms with Crippen LogP contribution in [0.3, 0.4) is 0 Å². The molecule has 0 saturated heterocycles. The summed E-state index contributed by atoms with van der Waals surface area (Å²) in [6, 6.07) is 7.95. The molecule has 0 amide bonds. The second-order valence-electron chi connectivity index (χ2n) is 4.00. The number of carbonyl (C=O) groups excluding carboxylic acids is 1. The van der Waals surface area contributed by atoms with Gasteiger partial charge in [-0.05, 0) is 23.6 Å². The van der Waals surface area contributed by atoms with E-state index in [2.05, 4.69) is 19.9 Å². The molecule has 1 aromatic rings. The predicted molar refractivity (Wildman–Crippen MR) is 66.4 cm³/mol. The molecule has 0 aromatic heterocycles. The van der Waals surface area contributed by atoms with Crippen LogP contribution in [0.1, 0.15) is 31.7 Å². The second-order valence-corrected chi connectivity index (χ2v) is 4.27. The first-order chi connectivity index (χ1) is 7.63. The molecule has 0 aliphatic heterocycles. The summed E-state index contributed by atoms with van der Waals surface area (Å²) in [5.74, 6) is 1.37. The molecule has 0 atom stereocenters. The van der Waals surface area contributed by atoms with E-state index in [1.54, 1.807) is 0 Å². The van der Waals surface area contributed by atoms with Crippen LogP contribution in [0, 0.1) is 0 Å². The average Bonchev–Trinajstić information content (AvgIpc) is 2.29. The predicted octanol–water partition coefficient (Wildman–Crippen LogP) is 3.39. The lowest BCUT2D eigenvalue weighted by Crippen LogP contribution is -2.07. The lowest BCUT2D eigenvalue weighted by molar-refractivity contribution is -0.117. The quantitative estimate of drug-likeness (QED) is 0.713. The highest BCUT2D eigenvalue weighted by Crippen LogP contribution is 2.20. The maximum Gasteiger partial charge on any atom is 0.150 e. The lowest BCUT2D eigenvalue weighted by Gasteiger charge is -2.09. The fourth-order valence-electron chi connectivity index (χ4n) is 1.31. The lowest BCUT2D eigenvalue weighted by atomic mass is 10.0. The molecular weight excluding hydrogens is 224 g/mol. The van der Waals surface area contributed by atoms with Crippen molar-refractivity contribution in [2.75, 3.05) is 12.5 Å². The molecular formula is C13H17ClO2. The van der Waals surface area contributed by atoms with E-state index in [1.807, 2.05) is 18.2 Å². The minimum atomic E-state index is 0.0154. The Morgan fingerprint density at radius 3 is 2.81 bits per heavy atom. The number of Topliss-reactive ketones (excluding diaryl/α,β-unsaturated/α-hetero) is 1. The highest BCUT2D eigenvalue weighted by atomic mass is 35.5.